The van der Waals surface area contributed by atoms with Gasteiger partial charge in [0.05, 0.1) is 11.4 Å². The fourth-order valence-corrected chi connectivity index (χ4v) is 5.77. The van der Waals surface area contributed by atoms with Gasteiger partial charge < -0.3 is 11.1 Å². The minimum absolute atomic E-state index is 0.0630. The second-order valence-corrected chi connectivity index (χ2v) is 11.4. The molecule has 4 aromatic rings. The Labute approximate surface area is 229 Å². The Morgan fingerprint density at radius 3 is 2.18 bits per heavy atom. The average molecular weight is 546 g/mol. The number of sulfonamides is 1. The SMILES string of the molecule is CC(CN(CC(=O)NCc1ccc(CN)cc1)S(=O)(=O)c1ccc(-c2cccc(F)c2)cc1)c1ccccc1. The number of hydrogen-bond donors (Lipinski definition) is 2. The van der Waals surface area contributed by atoms with Crippen molar-refractivity contribution in [3.63, 3.8) is 0 Å². The Morgan fingerprint density at radius 2 is 1.54 bits per heavy atom. The summed E-state index contributed by atoms with van der Waals surface area (Å²) >= 11 is 0. The highest BCUT2D eigenvalue weighted by atomic mass is 32.2. The molecular weight excluding hydrogens is 513 g/mol. The van der Waals surface area contributed by atoms with Gasteiger partial charge in [0, 0.05) is 19.6 Å². The van der Waals surface area contributed by atoms with Crippen molar-refractivity contribution in [3.05, 3.63) is 126 Å². The van der Waals surface area contributed by atoms with E-state index in [0.717, 1.165) is 16.7 Å². The summed E-state index contributed by atoms with van der Waals surface area (Å²) in [6.45, 7) is 2.43. The number of nitrogens with zero attached hydrogens (tertiary/aromatic N) is 1. The van der Waals surface area contributed by atoms with Gasteiger partial charge in [-0.3, -0.25) is 4.79 Å². The number of rotatable bonds is 11. The number of carbonyl (C=O) groups excluding carboxylic acids is 1. The molecule has 0 aliphatic rings. The number of amides is 1. The van der Waals surface area contributed by atoms with Crippen molar-refractivity contribution in [1.82, 2.24) is 9.62 Å². The summed E-state index contributed by atoms with van der Waals surface area (Å²) in [5.41, 5.74) is 9.83. The van der Waals surface area contributed by atoms with Crippen molar-refractivity contribution in [2.75, 3.05) is 13.1 Å². The van der Waals surface area contributed by atoms with Crippen LogP contribution >= 0.6 is 0 Å². The van der Waals surface area contributed by atoms with Crippen LogP contribution < -0.4 is 11.1 Å². The molecule has 0 saturated carbocycles. The third-order valence-electron chi connectivity index (χ3n) is 6.56. The zero-order valence-corrected chi connectivity index (χ0v) is 22.6. The zero-order valence-electron chi connectivity index (χ0n) is 21.8. The Bertz CT molecular complexity index is 1490. The van der Waals surface area contributed by atoms with Gasteiger partial charge in [-0.05, 0) is 58.0 Å². The van der Waals surface area contributed by atoms with Gasteiger partial charge in [-0.25, -0.2) is 12.8 Å². The topological polar surface area (TPSA) is 92.5 Å². The van der Waals surface area contributed by atoms with E-state index in [-0.39, 0.29) is 36.3 Å². The molecule has 4 rings (SSSR count). The molecule has 8 heteroatoms. The van der Waals surface area contributed by atoms with Crippen LogP contribution in [0.1, 0.15) is 29.5 Å². The normalized spacial score (nSPS) is 12.3. The molecule has 0 heterocycles. The molecule has 1 amide bonds. The van der Waals surface area contributed by atoms with Gasteiger partial charge in [0.15, 0.2) is 0 Å². The molecule has 0 aliphatic carbocycles. The molecule has 0 fully saturated rings. The van der Waals surface area contributed by atoms with E-state index in [1.165, 1.54) is 28.6 Å². The van der Waals surface area contributed by atoms with Crippen LogP contribution in [-0.4, -0.2) is 31.7 Å². The minimum atomic E-state index is -4.01. The minimum Gasteiger partial charge on any atom is -0.351 e. The van der Waals surface area contributed by atoms with E-state index in [1.54, 1.807) is 24.3 Å². The molecule has 6 nitrogen and oxygen atoms in total. The maximum atomic E-state index is 13.8. The summed E-state index contributed by atoms with van der Waals surface area (Å²) in [4.78, 5) is 13.0. The summed E-state index contributed by atoms with van der Waals surface area (Å²) in [7, 11) is -4.01. The Hall–Kier alpha value is -3.85. The predicted octanol–water partition coefficient (Wildman–Crippen LogP) is 5.06. The van der Waals surface area contributed by atoms with Crippen LogP contribution in [0.3, 0.4) is 0 Å². The van der Waals surface area contributed by atoms with E-state index >= 15 is 0 Å². The van der Waals surface area contributed by atoms with Crippen LogP contribution in [0.25, 0.3) is 11.1 Å². The largest absolute Gasteiger partial charge is 0.351 e. The smallest absolute Gasteiger partial charge is 0.243 e. The molecular formula is C31H32FN3O3S. The molecule has 0 bridgehead atoms. The first-order chi connectivity index (χ1) is 18.8. The monoisotopic (exact) mass is 545 g/mol. The van der Waals surface area contributed by atoms with Gasteiger partial charge in [-0.15, -0.1) is 0 Å². The summed E-state index contributed by atoms with van der Waals surface area (Å²) in [5.74, 6) is -0.922. The molecule has 202 valence electrons. The van der Waals surface area contributed by atoms with Gasteiger partial charge in [-0.2, -0.15) is 4.31 Å². The van der Waals surface area contributed by atoms with Gasteiger partial charge in [0.2, 0.25) is 15.9 Å². The van der Waals surface area contributed by atoms with Gasteiger partial charge in [0.25, 0.3) is 0 Å². The quantitative estimate of drug-likeness (QED) is 0.276. The highest BCUT2D eigenvalue weighted by molar-refractivity contribution is 7.89. The fourth-order valence-electron chi connectivity index (χ4n) is 4.29. The third kappa shape index (κ3) is 7.38. The molecule has 0 saturated heterocycles. The van der Waals surface area contributed by atoms with Crippen LogP contribution in [0.4, 0.5) is 4.39 Å². The van der Waals surface area contributed by atoms with E-state index in [2.05, 4.69) is 5.32 Å². The van der Waals surface area contributed by atoms with Crippen LogP contribution in [0, 0.1) is 5.82 Å². The number of nitrogens with two attached hydrogens (primary N) is 1. The molecule has 0 radical (unpaired) electrons. The van der Waals surface area contributed by atoms with E-state index in [4.69, 9.17) is 5.73 Å². The van der Waals surface area contributed by atoms with Crippen molar-refractivity contribution in [3.8, 4) is 11.1 Å². The number of carbonyl (C=O) groups is 1. The fraction of sp³-hybridized carbons (Fsp3) is 0.194. The first-order valence-electron chi connectivity index (χ1n) is 12.7. The molecule has 0 aromatic heterocycles. The average Bonchev–Trinajstić information content (AvgIpc) is 2.96. The number of halogens is 1. The molecule has 1 atom stereocenters. The van der Waals surface area contributed by atoms with E-state index in [1.807, 2.05) is 61.5 Å². The molecule has 0 spiro atoms. The third-order valence-corrected chi connectivity index (χ3v) is 8.39. The first kappa shape index (κ1) is 28.2. The van der Waals surface area contributed by atoms with E-state index < -0.39 is 15.9 Å². The van der Waals surface area contributed by atoms with Crippen molar-refractivity contribution in [2.45, 2.75) is 30.8 Å². The summed E-state index contributed by atoms with van der Waals surface area (Å²) in [5, 5.41) is 2.83. The number of hydrogen-bond acceptors (Lipinski definition) is 4. The highest BCUT2D eigenvalue weighted by Crippen LogP contribution is 2.25. The number of benzene rings is 4. The van der Waals surface area contributed by atoms with Crippen molar-refractivity contribution in [1.29, 1.82) is 0 Å². The maximum Gasteiger partial charge on any atom is 0.243 e. The molecule has 0 aliphatic heterocycles. The van der Waals surface area contributed by atoms with Gasteiger partial charge in [-0.1, -0.05) is 85.8 Å². The van der Waals surface area contributed by atoms with Crippen LogP contribution in [0.5, 0.6) is 0 Å². The van der Waals surface area contributed by atoms with Crippen molar-refractivity contribution in [2.24, 2.45) is 5.73 Å². The van der Waals surface area contributed by atoms with Crippen molar-refractivity contribution >= 4 is 15.9 Å². The summed E-state index contributed by atoms with van der Waals surface area (Å²) in [6.07, 6.45) is 0. The van der Waals surface area contributed by atoms with Crippen molar-refractivity contribution < 1.29 is 17.6 Å². The number of nitrogens with one attached hydrogen (secondary N) is 1. The maximum absolute atomic E-state index is 13.8. The Kier molecular flexibility index (Phi) is 9.24. The summed E-state index contributed by atoms with van der Waals surface area (Å²) in [6, 6.07) is 29.5. The Morgan fingerprint density at radius 1 is 0.872 bits per heavy atom. The van der Waals surface area contributed by atoms with Crippen LogP contribution in [0.15, 0.2) is 108 Å². The highest BCUT2D eigenvalue weighted by Gasteiger charge is 2.28. The molecule has 4 aromatic carbocycles. The molecule has 1 unspecified atom stereocenters. The van der Waals surface area contributed by atoms with Gasteiger partial charge >= 0.3 is 0 Å². The Balaban J connectivity index is 1.54. The van der Waals surface area contributed by atoms with Crippen LogP contribution in [-0.2, 0) is 27.9 Å². The standard InChI is InChI=1S/C31H32FN3O3S/c1-23(26-6-3-2-4-7-26)21-35(22-31(36)34-20-25-12-10-24(19-33)11-13-25)39(37,38)30-16-14-27(15-17-30)28-8-5-9-29(32)18-28/h2-18,23H,19-22,33H2,1H3,(H,34,36). The lowest BCUT2D eigenvalue weighted by molar-refractivity contribution is -0.121. The molecule has 3 N–H and O–H groups in total. The first-order valence-corrected chi connectivity index (χ1v) is 14.2. The van der Waals surface area contributed by atoms with E-state index in [9.17, 15) is 17.6 Å². The zero-order chi connectivity index (χ0) is 27.8. The predicted molar refractivity (Wildman–Crippen MR) is 152 cm³/mol. The van der Waals surface area contributed by atoms with E-state index in [0.29, 0.717) is 17.7 Å². The second kappa shape index (κ2) is 12.8. The lowest BCUT2D eigenvalue weighted by Gasteiger charge is -2.25. The lowest BCUT2D eigenvalue weighted by Crippen LogP contribution is -2.42. The van der Waals surface area contributed by atoms with Gasteiger partial charge in [0.1, 0.15) is 5.82 Å². The molecule has 39 heavy (non-hydrogen) atoms. The second-order valence-electron chi connectivity index (χ2n) is 9.44. The summed E-state index contributed by atoms with van der Waals surface area (Å²) < 4.78 is 42.4. The van der Waals surface area contributed by atoms with Crippen LogP contribution in [0.2, 0.25) is 0 Å². The lowest BCUT2D eigenvalue weighted by atomic mass is 10.0.